The van der Waals surface area contributed by atoms with Crippen LogP contribution in [0, 0.1) is 13.8 Å². The topological polar surface area (TPSA) is 50.9 Å². The zero-order valence-corrected chi connectivity index (χ0v) is 12.7. The van der Waals surface area contributed by atoms with Gasteiger partial charge in [0.1, 0.15) is 5.82 Å². The first kappa shape index (κ1) is 13.7. The van der Waals surface area contributed by atoms with Crippen LogP contribution in [0.5, 0.6) is 0 Å². The Morgan fingerprint density at radius 1 is 1.00 bits per heavy atom. The first-order valence-electron chi connectivity index (χ1n) is 6.73. The van der Waals surface area contributed by atoms with Gasteiger partial charge in [-0.15, -0.1) is 0 Å². The lowest BCUT2D eigenvalue weighted by Crippen LogP contribution is -1.98. The van der Waals surface area contributed by atoms with Crippen molar-refractivity contribution in [2.75, 3.05) is 11.1 Å². The van der Waals surface area contributed by atoms with E-state index in [1.165, 1.54) is 0 Å². The molecule has 2 aromatic carbocycles. The molecular formula is C17H16ClN3. The Hall–Kier alpha value is -2.26. The summed E-state index contributed by atoms with van der Waals surface area (Å²) in [5.74, 6) is 0.782. The highest BCUT2D eigenvalue weighted by Crippen LogP contribution is 2.31. The summed E-state index contributed by atoms with van der Waals surface area (Å²) in [4.78, 5) is 4.43. The minimum absolute atomic E-state index is 0.693. The zero-order chi connectivity index (χ0) is 15.0. The Balaban J connectivity index is 2.13. The van der Waals surface area contributed by atoms with Crippen LogP contribution in [0.3, 0.4) is 0 Å². The summed E-state index contributed by atoms with van der Waals surface area (Å²) in [6.07, 6.45) is 1.76. The Labute approximate surface area is 128 Å². The van der Waals surface area contributed by atoms with Crippen LogP contribution in [0.1, 0.15) is 11.1 Å². The number of aryl methyl sites for hydroxylation is 2. The van der Waals surface area contributed by atoms with Gasteiger partial charge in [0.05, 0.1) is 0 Å². The van der Waals surface area contributed by atoms with Gasteiger partial charge in [-0.05, 0) is 43.2 Å². The van der Waals surface area contributed by atoms with E-state index in [1.54, 1.807) is 6.20 Å². The molecule has 0 radical (unpaired) electrons. The Morgan fingerprint density at radius 2 is 1.76 bits per heavy atom. The van der Waals surface area contributed by atoms with Crippen molar-refractivity contribution in [1.82, 2.24) is 4.98 Å². The van der Waals surface area contributed by atoms with Crippen LogP contribution < -0.4 is 11.1 Å². The number of hydrogen-bond donors (Lipinski definition) is 2. The number of nitrogen functional groups attached to an aromatic ring is 1. The van der Waals surface area contributed by atoms with Gasteiger partial charge < -0.3 is 11.1 Å². The second kappa shape index (κ2) is 5.26. The maximum Gasteiger partial charge on any atom is 0.138 e. The maximum atomic E-state index is 6.16. The van der Waals surface area contributed by atoms with Gasteiger partial charge in [0.15, 0.2) is 0 Å². The molecule has 0 fully saturated rings. The van der Waals surface area contributed by atoms with Gasteiger partial charge in [0.25, 0.3) is 0 Å². The summed E-state index contributed by atoms with van der Waals surface area (Å²) in [6.45, 7) is 4.03. The van der Waals surface area contributed by atoms with Crippen LogP contribution in [0.25, 0.3) is 10.8 Å². The quantitative estimate of drug-likeness (QED) is 0.666. The van der Waals surface area contributed by atoms with Crippen LogP contribution >= 0.6 is 11.6 Å². The maximum absolute atomic E-state index is 6.16. The standard InChI is InChI=1S/C17H16ClN3/c1-10-3-5-12(18)9-15(10)21-17-14-6-4-11(2)16(19)13(14)7-8-20-17/h3-9H,19H2,1-2H3,(H,20,21). The molecule has 21 heavy (non-hydrogen) atoms. The molecule has 0 aliphatic heterocycles. The van der Waals surface area contributed by atoms with Gasteiger partial charge in [-0.3, -0.25) is 0 Å². The summed E-state index contributed by atoms with van der Waals surface area (Å²) in [6, 6.07) is 11.7. The van der Waals surface area contributed by atoms with E-state index >= 15 is 0 Å². The van der Waals surface area contributed by atoms with Gasteiger partial charge in [-0.1, -0.05) is 29.8 Å². The molecule has 3 rings (SSSR count). The van der Waals surface area contributed by atoms with Crippen LogP contribution in [-0.2, 0) is 0 Å². The van der Waals surface area contributed by atoms with Gasteiger partial charge in [-0.25, -0.2) is 4.98 Å². The first-order chi connectivity index (χ1) is 10.1. The minimum Gasteiger partial charge on any atom is -0.398 e. The van der Waals surface area contributed by atoms with Crippen molar-refractivity contribution in [2.45, 2.75) is 13.8 Å². The third-order valence-corrected chi connectivity index (χ3v) is 3.89. The molecule has 4 heteroatoms. The van der Waals surface area contributed by atoms with E-state index in [4.69, 9.17) is 17.3 Å². The van der Waals surface area contributed by atoms with E-state index in [1.807, 2.05) is 50.2 Å². The molecule has 3 nitrogen and oxygen atoms in total. The van der Waals surface area contributed by atoms with Gasteiger partial charge >= 0.3 is 0 Å². The molecule has 1 aromatic heterocycles. The number of anilines is 3. The Bertz CT molecular complexity index is 828. The largest absolute Gasteiger partial charge is 0.398 e. The lowest BCUT2D eigenvalue weighted by molar-refractivity contribution is 1.32. The molecule has 0 aliphatic rings. The molecule has 0 unspecified atom stereocenters. The molecule has 0 amide bonds. The van der Waals surface area contributed by atoms with E-state index in [0.29, 0.717) is 5.02 Å². The molecule has 0 saturated carbocycles. The van der Waals surface area contributed by atoms with Crippen molar-refractivity contribution < 1.29 is 0 Å². The Morgan fingerprint density at radius 3 is 2.57 bits per heavy atom. The predicted molar refractivity (Wildman–Crippen MR) is 90.4 cm³/mol. The number of benzene rings is 2. The fourth-order valence-corrected chi connectivity index (χ4v) is 2.52. The van der Waals surface area contributed by atoms with Crippen LogP contribution in [0.4, 0.5) is 17.2 Å². The second-order valence-corrected chi connectivity index (χ2v) is 5.57. The Kier molecular flexibility index (Phi) is 3.43. The van der Waals surface area contributed by atoms with E-state index in [-0.39, 0.29) is 0 Å². The lowest BCUT2D eigenvalue weighted by Gasteiger charge is -2.13. The number of halogens is 1. The van der Waals surface area contributed by atoms with Crippen molar-refractivity contribution in [3.05, 3.63) is 58.7 Å². The fourth-order valence-electron chi connectivity index (χ4n) is 2.34. The average molecular weight is 298 g/mol. The molecule has 3 N–H and O–H groups in total. The smallest absolute Gasteiger partial charge is 0.138 e. The van der Waals surface area contributed by atoms with Crippen molar-refractivity contribution in [3.63, 3.8) is 0 Å². The predicted octanol–water partition coefficient (Wildman–Crippen LogP) is 4.83. The first-order valence-corrected chi connectivity index (χ1v) is 7.11. The second-order valence-electron chi connectivity index (χ2n) is 5.14. The number of nitrogens with two attached hydrogens (primary N) is 1. The lowest BCUT2D eigenvalue weighted by atomic mass is 10.1. The number of fused-ring (bicyclic) bond motifs is 1. The minimum atomic E-state index is 0.693. The van der Waals surface area contributed by atoms with Gasteiger partial charge in [-0.2, -0.15) is 0 Å². The van der Waals surface area contributed by atoms with E-state index in [0.717, 1.165) is 39.1 Å². The molecular weight excluding hydrogens is 282 g/mol. The highest BCUT2D eigenvalue weighted by Gasteiger charge is 2.08. The SMILES string of the molecule is Cc1ccc(Cl)cc1Nc1nccc2c(N)c(C)ccc12. The van der Waals surface area contributed by atoms with Crippen molar-refractivity contribution in [1.29, 1.82) is 0 Å². The summed E-state index contributed by atoms with van der Waals surface area (Å²) in [7, 11) is 0. The number of pyridine rings is 1. The summed E-state index contributed by atoms with van der Waals surface area (Å²) in [5.41, 5.74) is 10.1. The van der Waals surface area contributed by atoms with Crippen LogP contribution in [0.15, 0.2) is 42.6 Å². The summed E-state index contributed by atoms with van der Waals surface area (Å²) in [5, 5.41) is 6.05. The summed E-state index contributed by atoms with van der Waals surface area (Å²) >= 11 is 6.07. The van der Waals surface area contributed by atoms with Crippen molar-refractivity contribution >= 4 is 39.6 Å². The molecule has 1 heterocycles. The van der Waals surface area contributed by atoms with Crippen molar-refractivity contribution in [3.8, 4) is 0 Å². The van der Waals surface area contributed by atoms with Crippen LogP contribution in [-0.4, -0.2) is 4.98 Å². The number of nitrogens with zero attached hydrogens (tertiary/aromatic N) is 1. The molecule has 0 bridgehead atoms. The molecule has 0 saturated heterocycles. The number of nitrogens with one attached hydrogen (secondary N) is 1. The van der Waals surface area contributed by atoms with E-state index in [9.17, 15) is 0 Å². The van der Waals surface area contributed by atoms with Crippen molar-refractivity contribution in [2.24, 2.45) is 0 Å². The summed E-state index contributed by atoms with van der Waals surface area (Å²) < 4.78 is 0. The third kappa shape index (κ3) is 2.52. The monoisotopic (exact) mass is 297 g/mol. The van der Waals surface area contributed by atoms with Gasteiger partial charge in [0.2, 0.25) is 0 Å². The number of hydrogen-bond acceptors (Lipinski definition) is 3. The third-order valence-electron chi connectivity index (χ3n) is 3.66. The molecule has 0 aliphatic carbocycles. The highest BCUT2D eigenvalue weighted by molar-refractivity contribution is 6.30. The molecule has 3 aromatic rings. The molecule has 0 atom stereocenters. The highest BCUT2D eigenvalue weighted by atomic mass is 35.5. The molecule has 0 spiro atoms. The number of aromatic nitrogens is 1. The normalized spacial score (nSPS) is 10.8. The fraction of sp³-hybridized carbons (Fsp3) is 0.118. The zero-order valence-electron chi connectivity index (χ0n) is 11.9. The molecule has 106 valence electrons. The average Bonchev–Trinajstić information content (AvgIpc) is 2.47. The van der Waals surface area contributed by atoms with E-state index < -0.39 is 0 Å². The van der Waals surface area contributed by atoms with Gasteiger partial charge in [0, 0.05) is 33.4 Å². The number of rotatable bonds is 2. The van der Waals surface area contributed by atoms with E-state index in [2.05, 4.69) is 10.3 Å². The van der Waals surface area contributed by atoms with Crippen LogP contribution in [0.2, 0.25) is 5.02 Å².